The van der Waals surface area contributed by atoms with Gasteiger partial charge in [0, 0.05) is 36.4 Å². The molecule has 1 heterocycles. The van der Waals surface area contributed by atoms with E-state index in [-0.39, 0.29) is 12.1 Å². The number of aliphatic hydroxyl groups excluding tert-OH is 1. The van der Waals surface area contributed by atoms with Gasteiger partial charge in [0.1, 0.15) is 0 Å². The summed E-state index contributed by atoms with van der Waals surface area (Å²) in [7, 11) is 2.14. The summed E-state index contributed by atoms with van der Waals surface area (Å²) in [5, 5.41) is 13.1. The third kappa shape index (κ3) is 5.19. The first-order chi connectivity index (χ1) is 9.61. The van der Waals surface area contributed by atoms with Gasteiger partial charge in [-0.2, -0.15) is 0 Å². The number of pyridine rings is 1. The van der Waals surface area contributed by atoms with E-state index in [2.05, 4.69) is 35.2 Å². The van der Waals surface area contributed by atoms with Crippen molar-refractivity contribution in [1.82, 2.24) is 15.2 Å². The topological polar surface area (TPSA) is 48.4 Å². The van der Waals surface area contributed by atoms with Crippen molar-refractivity contribution in [3.05, 3.63) is 30.1 Å². The fraction of sp³-hybridized carbons (Fsp3) is 0.688. The van der Waals surface area contributed by atoms with Crippen LogP contribution in [0.5, 0.6) is 0 Å². The number of aliphatic hydroxyl groups is 1. The Hall–Kier alpha value is -0.970. The lowest BCUT2D eigenvalue weighted by molar-refractivity contribution is 0.149. The zero-order chi connectivity index (χ0) is 14.4. The number of rotatable bonds is 9. The van der Waals surface area contributed by atoms with Crippen LogP contribution >= 0.6 is 0 Å². The van der Waals surface area contributed by atoms with E-state index in [1.165, 1.54) is 12.8 Å². The molecule has 0 saturated heterocycles. The van der Waals surface area contributed by atoms with Crippen molar-refractivity contribution in [3.8, 4) is 0 Å². The molecule has 112 valence electrons. The molecular weight excluding hydrogens is 250 g/mol. The van der Waals surface area contributed by atoms with Crippen LogP contribution in [0.1, 0.15) is 31.9 Å². The average Bonchev–Trinajstić information content (AvgIpc) is 3.28. The second kappa shape index (κ2) is 7.16. The Balaban J connectivity index is 1.69. The third-order valence-electron chi connectivity index (χ3n) is 4.00. The Kier molecular flexibility index (Phi) is 5.52. The monoisotopic (exact) mass is 277 g/mol. The Morgan fingerprint density at radius 3 is 2.80 bits per heavy atom. The highest BCUT2D eigenvalue weighted by Gasteiger charge is 2.31. The molecule has 4 nitrogen and oxygen atoms in total. The molecule has 0 radical (unpaired) electrons. The summed E-state index contributed by atoms with van der Waals surface area (Å²) in [6.45, 7) is 4.32. The lowest BCUT2D eigenvalue weighted by Crippen LogP contribution is -2.48. The van der Waals surface area contributed by atoms with Crippen LogP contribution in [0.15, 0.2) is 24.4 Å². The van der Waals surface area contributed by atoms with Gasteiger partial charge in [0.05, 0.1) is 6.61 Å². The average molecular weight is 277 g/mol. The van der Waals surface area contributed by atoms with Crippen LogP contribution in [0.4, 0.5) is 0 Å². The van der Waals surface area contributed by atoms with Gasteiger partial charge in [-0.1, -0.05) is 6.07 Å². The molecule has 1 aromatic heterocycles. The van der Waals surface area contributed by atoms with Crippen LogP contribution in [-0.2, 0) is 6.42 Å². The van der Waals surface area contributed by atoms with E-state index in [4.69, 9.17) is 0 Å². The van der Waals surface area contributed by atoms with Gasteiger partial charge in [0.2, 0.25) is 0 Å². The molecule has 0 spiro atoms. The van der Waals surface area contributed by atoms with E-state index in [9.17, 15) is 5.11 Å². The first kappa shape index (κ1) is 15.4. The van der Waals surface area contributed by atoms with Crippen LogP contribution in [0.25, 0.3) is 0 Å². The van der Waals surface area contributed by atoms with Gasteiger partial charge >= 0.3 is 0 Å². The lowest BCUT2D eigenvalue weighted by atomic mass is 9.98. The highest BCUT2D eigenvalue weighted by atomic mass is 16.3. The van der Waals surface area contributed by atoms with Crippen LogP contribution in [0, 0.1) is 0 Å². The molecule has 20 heavy (non-hydrogen) atoms. The quantitative estimate of drug-likeness (QED) is 0.717. The second-order valence-corrected chi connectivity index (χ2v) is 6.26. The van der Waals surface area contributed by atoms with Crippen molar-refractivity contribution in [2.75, 3.05) is 26.7 Å². The maximum Gasteiger partial charge on any atom is 0.0611 e. The maximum atomic E-state index is 9.59. The molecule has 1 unspecified atom stereocenters. The third-order valence-corrected chi connectivity index (χ3v) is 4.00. The molecule has 0 bridgehead atoms. The number of hydrogen-bond acceptors (Lipinski definition) is 4. The number of nitrogens with one attached hydrogen (secondary N) is 1. The van der Waals surface area contributed by atoms with Gasteiger partial charge in [-0.3, -0.25) is 4.98 Å². The Bertz CT molecular complexity index is 394. The number of aromatic nitrogens is 1. The molecule has 4 heteroatoms. The molecule has 0 amide bonds. The lowest BCUT2D eigenvalue weighted by Gasteiger charge is -2.31. The minimum absolute atomic E-state index is 0.138. The van der Waals surface area contributed by atoms with Crippen molar-refractivity contribution in [2.24, 2.45) is 0 Å². The van der Waals surface area contributed by atoms with Gasteiger partial charge in [0.25, 0.3) is 0 Å². The molecular formula is C16H27N3O. The number of nitrogens with zero attached hydrogens (tertiary/aromatic N) is 2. The minimum Gasteiger partial charge on any atom is -0.394 e. The van der Waals surface area contributed by atoms with E-state index in [0.717, 1.165) is 31.6 Å². The summed E-state index contributed by atoms with van der Waals surface area (Å²) in [5.74, 6) is 0. The standard InChI is InChI=1S/C16H27N3O/c1-16(13-20,18-15-6-7-15)9-12-19(2)11-8-14-5-3-4-10-17-14/h3-5,10,15,18,20H,6-9,11-13H2,1-2H3. The predicted molar refractivity (Wildman–Crippen MR) is 81.7 cm³/mol. The van der Waals surface area contributed by atoms with Crippen LogP contribution < -0.4 is 5.32 Å². The molecule has 0 aliphatic heterocycles. The van der Waals surface area contributed by atoms with Gasteiger partial charge < -0.3 is 15.3 Å². The van der Waals surface area contributed by atoms with Crippen molar-refractivity contribution in [2.45, 2.75) is 44.2 Å². The zero-order valence-corrected chi connectivity index (χ0v) is 12.7. The molecule has 1 aliphatic rings. The Morgan fingerprint density at radius 2 is 2.20 bits per heavy atom. The molecule has 1 aliphatic carbocycles. The summed E-state index contributed by atoms with van der Waals surface area (Å²) in [4.78, 5) is 6.66. The fourth-order valence-electron chi connectivity index (χ4n) is 2.32. The highest BCUT2D eigenvalue weighted by Crippen LogP contribution is 2.23. The zero-order valence-electron chi connectivity index (χ0n) is 12.7. The SMILES string of the molecule is CN(CCc1ccccn1)CCC(C)(CO)NC1CC1. The van der Waals surface area contributed by atoms with Crippen molar-refractivity contribution >= 4 is 0 Å². The molecule has 1 saturated carbocycles. The first-order valence-corrected chi connectivity index (χ1v) is 7.58. The van der Waals surface area contributed by atoms with E-state index < -0.39 is 0 Å². The summed E-state index contributed by atoms with van der Waals surface area (Å²) in [6.07, 6.45) is 6.30. The van der Waals surface area contributed by atoms with Crippen molar-refractivity contribution in [1.29, 1.82) is 0 Å². The summed E-state index contributed by atoms with van der Waals surface area (Å²) in [6, 6.07) is 6.68. The Morgan fingerprint density at radius 1 is 1.40 bits per heavy atom. The molecule has 2 rings (SSSR count). The van der Waals surface area contributed by atoms with Gasteiger partial charge in [-0.25, -0.2) is 0 Å². The number of hydrogen-bond donors (Lipinski definition) is 2. The fourth-order valence-corrected chi connectivity index (χ4v) is 2.32. The maximum absolute atomic E-state index is 9.59. The van der Waals surface area contributed by atoms with E-state index in [0.29, 0.717) is 6.04 Å². The van der Waals surface area contributed by atoms with E-state index in [1.807, 2.05) is 18.3 Å². The normalized spacial score (nSPS) is 18.2. The molecule has 1 aromatic rings. The van der Waals surface area contributed by atoms with Crippen molar-refractivity contribution in [3.63, 3.8) is 0 Å². The second-order valence-electron chi connectivity index (χ2n) is 6.26. The smallest absolute Gasteiger partial charge is 0.0611 e. The highest BCUT2D eigenvalue weighted by molar-refractivity contribution is 5.03. The van der Waals surface area contributed by atoms with Crippen molar-refractivity contribution < 1.29 is 5.11 Å². The molecule has 0 aromatic carbocycles. The van der Waals surface area contributed by atoms with Crippen LogP contribution in [-0.4, -0.2) is 53.3 Å². The predicted octanol–water partition coefficient (Wildman–Crippen LogP) is 1.45. The van der Waals surface area contributed by atoms with E-state index in [1.54, 1.807) is 0 Å². The van der Waals surface area contributed by atoms with Crippen LogP contribution in [0.2, 0.25) is 0 Å². The molecule has 2 N–H and O–H groups in total. The van der Waals surface area contributed by atoms with Gasteiger partial charge in [-0.05, 0) is 51.9 Å². The Labute approximate surface area is 122 Å². The minimum atomic E-state index is -0.138. The summed E-state index contributed by atoms with van der Waals surface area (Å²) >= 11 is 0. The molecule has 1 fully saturated rings. The van der Waals surface area contributed by atoms with E-state index >= 15 is 0 Å². The van der Waals surface area contributed by atoms with Crippen LogP contribution in [0.3, 0.4) is 0 Å². The van der Waals surface area contributed by atoms with Gasteiger partial charge in [0.15, 0.2) is 0 Å². The largest absolute Gasteiger partial charge is 0.394 e. The summed E-state index contributed by atoms with van der Waals surface area (Å²) in [5.41, 5.74) is 1.00. The van der Waals surface area contributed by atoms with Gasteiger partial charge in [-0.15, -0.1) is 0 Å². The summed E-state index contributed by atoms with van der Waals surface area (Å²) < 4.78 is 0. The number of likely N-dealkylation sites (N-methyl/N-ethyl adjacent to an activating group) is 1. The molecule has 1 atom stereocenters. The first-order valence-electron chi connectivity index (χ1n) is 7.58.